The number of aliphatic imine (C=N–C) groups is 1. The fourth-order valence-electron chi connectivity index (χ4n) is 4.77. The summed E-state index contributed by atoms with van der Waals surface area (Å²) in [5.41, 5.74) is 6.79. The van der Waals surface area contributed by atoms with Crippen LogP contribution in [0.4, 0.5) is 4.39 Å². The lowest BCUT2D eigenvalue weighted by atomic mass is 9.74. The lowest BCUT2D eigenvalue weighted by Crippen LogP contribution is -2.51. The molecule has 2 N–H and O–H groups in total. The number of halogens is 1. The van der Waals surface area contributed by atoms with Crippen LogP contribution in [0.25, 0.3) is 11.1 Å². The Morgan fingerprint density at radius 2 is 1.94 bits per heavy atom. The summed E-state index contributed by atoms with van der Waals surface area (Å²) >= 11 is 0. The highest BCUT2D eigenvalue weighted by molar-refractivity contribution is 6.07. The Labute approximate surface area is 185 Å². The van der Waals surface area contributed by atoms with Gasteiger partial charge in [-0.2, -0.15) is 4.39 Å². The Bertz CT molecular complexity index is 1250. The summed E-state index contributed by atoms with van der Waals surface area (Å²) in [6.07, 6.45) is 2.31. The molecule has 7 heteroatoms. The van der Waals surface area contributed by atoms with Crippen LogP contribution in [0.15, 0.2) is 71.9 Å². The van der Waals surface area contributed by atoms with Crippen molar-refractivity contribution in [1.29, 1.82) is 0 Å². The molecule has 2 atom stereocenters. The van der Waals surface area contributed by atoms with Crippen molar-refractivity contribution in [2.45, 2.75) is 30.9 Å². The van der Waals surface area contributed by atoms with Crippen LogP contribution in [0.5, 0.6) is 5.75 Å². The Balaban J connectivity index is 1.66. The number of fused-ring (bicyclic) bond motifs is 2. The van der Waals surface area contributed by atoms with E-state index >= 15 is 0 Å². The van der Waals surface area contributed by atoms with E-state index in [-0.39, 0.29) is 11.9 Å². The molecular formula is C25H23FN4O2. The molecular weight excluding hydrogens is 407 g/mol. The molecule has 0 saturated heterocycles. The highest BCUT2D eigenvalue weighted by Gasteiger charge is 2.56. The smallest absolute Gasteiger partial charge is 0.261 e. The van der Waals surface area contributed by atoms with Gasteiger partial charge in [0.25, 0.3) is 5.91 Å². The van der Waals surface area contributed by atoms with Gasteiger partial charge in [0.1, 0.15) is 11.4 Å². The molecule has 6 nitrogen and oxygen atoms in total. The number of benzene rings is 2. The fraction of sp³-hybridized carbons (Fsp3) is 0.240. The first-order valence-electron chi connectivity index (χ1n) is 10.4. The summed E-state index contributed by atoms with van der Waals surface area (Å²) in [5, 5.41) is 0. The SMILES string of the molecule is CN1C(=O)C2(C[C@@](C)(Cc3ccccc3)Oc3ccc(-c4cccnc4F)cc32)N=C1N. The summed E-state index contributed by atoms with van der Waals surface area (Å²) in [7, 11) is 1.62. The summed E-state index contributed by atoms with van der Waals surface area (Å²) in [4.78, 5) is 23.3. The molecule has 0 fully saturated rings. The number of carbonyl (C=O) groups is 1. The first-order chi connectivity index (χ1) is 15.3. The molecule has 5 rings (SSSR count). The van der Waals surface area contributed by atoms with Gasteiger partial charge >= 0.3 is 0 Å². The number of hydrogen-bond donors (Lipinski definition) is 1. The standard InChI is InChI=1S/C25H23FN4O2/c1-24(14-16-7-4-3-5-8-16)15-25(22(31)30(2)23(27)29-25)19-13-17(10-11-20(19)32-24)18-9-6-12-28-21(18)26/h3-13H,14-15H2,1-2H3,(H2,27,29)/t24-,25?/m1/s1. The van der Waals surface area contributed by atoms with Gasteiger partial charge in [-0.15, -0.1) is 0 Å². The van der Waals surface area contributed by atoms with E-state index in [1.54, 1.807) is 37.4 Å². The number of aromatic nitrogens is 1. The average molecular weight is 430 g/mol. The van der Waals surface area contributed by atoms with Crippen LogP contribution < -0.4 is 10.5 Å². The predicted octanol–water partition coefficient (Wildman–Crippen LogP) is 3.65. The monoisotopic (exact) mass is 430 g/mol. The molecule has 3 aromatic rings. The molecule has 2 aliphatic heterocycles. The maximum Gasteiger partial charge on any atom is 0.261 e. The van der Waals surface area contributed by atoms with Crippen molar-refractivity contribution in [3.63, 3.8) is 0 Å². The van der Waals surface area contributed by atoms with Gasteiger partial charge in [-0.05, 0) is 42.3 Å². The molecule has 162 valence electrons. The number of pyridine rings is 1. The molecule has 0 radical (unpaired) electrons. The molecule has 2 aliphatic rings. The fourth-order valence-corrected chi connectivity index (χ4v) is 4.77. The third-order valence-corrected chi connectivity index (χ3v) is 6.21. The van der Waals surface area contributed by atoms with Crippen LogP contribution >= 0.6 is 0 Å². The minimum absolute atomic E-state index is 0.155. The Kier molecular flexibility index (Phi) is 4.51. The maximum absolute atomic E-state index is 14.4. The molecule has 0 saturated carbocycles. The second-order valence-electron chi connectivity index (χ2n) is 8.64. The highest BCUT2D eigenvalue weighted by Crippen LogP contribution is 2.50. The molecule has 3 heterocycles. The molecule has 0 aliphatic carbocycles. The summed E-state index contributed by atoms with van der Waals surface area (Å²) in [6.45, 7) is 1.98. The number of carbonyl (C=O) groups excluding carboxylic acids is 1. The Morgan fingerprint density at radius 3 is 2.62 bits per heavy atom. The van der Waals surface area contributed by atoms with Gasteiger partial charge in [0, 0.05) is 37.2 Å². The zero-order chi connectivity index (χ0) is 22.5. The molecule has 0 bridgehead atoms. The van der Waals surface area contributed by atoms with Crippen molar-refractivity contribution in [3.8, 4) is 16.9 Å². The van der Waals surface area contributed by atoms with Crippen molar-refractivity contribution in [2.24, 2.45) is 10.7 Å². The van der Waals surface area contributed by atoms with Gasteiger partial charge < -0.3 is 10.5 Å². The quantitative estimate of drug-likeness (QED) is 0.643. The van der Waals surface area contributed by atoms with E-state index in [4.69, 9.17) is 10.5 Å². The third kappa shape index (κ3) is 3.12. The molecule has 1 unspecified atom stereocenters. The zero-order valence-electron chi connectivity index (χ0n) is 17.9. The van der Waals surface area contributed by atoms with Crippen molar-refractivity contribution >= 4 is 11.9 Å². The van der Waals surface area contributed by atoms with Crippen molar-refractivity contribution in [2.75, 3.05) is 7.05 Å². The van der Waals surface area contributed by atoms with Gasteiger partial charge in [0.05, 0.1) is 0 Å². The van der Waals surface area contributed by atoms with Gasteiger partial charge in [-0.3, -0.25) is 9.69 Å². The van der Waals surface area contributed by atoms with Gasteiger partial charge in [-0.1, -0.05) is 36.4 Å². The third-order valence-electron chi connectivity index (χ3n) is 6.21. The lowest BCUT2D eigenvalue weighted by molar-refractivity contribution is -0.133. The summed E-state index contributed by atoms with van der Waals surface area (Å²) in [5.74, 6) is -0.0986. The first-order valence-corrected chi connectivity index (χ1v) is 10.4. The molecule has 1 spiro atoms. The highest BCUT2D eigenvalue weighted by atomic mass is 19.1. The second-order valence-corrected chi connectivity index (χ2v) is 8.64. The van der Waals surface area contributed by atoms with Crippen LogP contribution in [0.3, 0.4) is 0 Å². The predicted molar refractivity (Wildman–Crippen MR) is 119 cm³/mol. The normalized spacial score (nSPS) is 24.3. The average Bonchev–Trinajstić information content (AvgIpc) is 2.98. The molecule has 2 aromatic carbocycles. The number of rotatable bonds is 3. The minimum Gasteiger partial charge on any atom is -0.487 e. The topological polar surface area (TPSA) is 80.8 Å². The van der Waals surface area contributed by atoms with E-state index in [1.807, 2.05) is 37.3 Å². The lowest BCUT2D eigenvalue weighted by Gasteiger charge is -2.43. The number of nitrogens with zero attached hydrogens (tertiary/aromatic N) is 3. The van der Waals surface area contributed by atoms with Crippen LogP contribution in [0.2, 0.25) is 0 Å². The number of guanidine groups is 1. The van der Waals surface area contributed by atoms with Gasteiger partial charge in [0.2, 0.25) is 5.95 Å². The number of nitrogens with two attached hydrogens (primary N) is 1. The van der Waals surface area contributed by atoms with Crippen molar-refractivity contribution in [1.82, 2.24) is 9.88 Å². The summed E-state index contributed by atoms with van der Waals surface area (Å²) in [6, 6.07) is 18.6. The van der Waals surface area contributed by atoms with E-state index in [1.165, 1.54) is 11.1 Å². The Morgan fingerprint density at radius 1 is 1.16 bits per heavy atom. The number of likely N-dealkylation sites (N-methyl/N-ethyl adjacent to an activating group) is 1. The van der Waals surface area contributed by atoms with E-state index in [9.17, 15) is 9.18 Å². The van der Waals surface area contributed by atoms with Crippen molar-refractivity contribution in [3.05, 3.63) is 83.9 Å². The molecule has 1 aromatic heterocycles. The van der Waals surface area contributed by atoms with Crippen molar-refractivity contribution < 1.29 is 13.9 Å². The van der Waals surface area contributed by atoms with E-state index in [0.29, 0.717) is 35.3 Å². The summed E-state index contributed by atoms with van der Waals surface area (Å²) < 4.78 is 20.8. The van der Waals surface area contributed by atoms with Crippen LogP contribution in [-0.2, 0) is 16.8 Å². The van der Waals surface area contributed by atoms with Gasteiger partial charge in [0.15, 0.2) is 11.5 Å². The molecule has 32 heavy (non-hydrogen) atoms. The zero-order valence-corrected chi connectivity index (χ0v) is 17.9. The number of amides is 1. The minimum atomic E-state index is -1.23. The van der Waals surface area contributed by atoms with E-state index in [0.717, 1.165) is 5.56 Å². The maximum atomic E-state index is 14.4. The van der Waals surface area contributed by atoms with E-state index < -0.39 is 17.1 Å². The van der Waals surface area contributed by atoms with Crippen LogP contribution in [0.1, 0.15) is 24.5 Å². The van der Waals surface area contributed by atoms with Crippen LogP contribution in [-0.4, -0.2) is 34.4 Å². The largest absolute Gasteiger partial charge is 0.487 e. The number of ether oxygens (including phenoxy) is 1. The Hall–Kier alpha value is -3.74. The second kappa shape index (κ2) is 7.15. The molecule has 1 amide bonds. The van der Waals surface area contributed by atoms with Crippen LogP contribution in [0, 0.1) is 5.95 Å². The first kappa shape index (κ1) is 20.2. The van der Waals surface area contributed by atoms with E-state index in [2.05, 4.69) is 9.98 Å². The van der Waals surface area contributed by atoms with Gasteiger partial charge in [-0.25, -0.2) is 9.98 Å². The number of hydrogen-bond acceptors (Lipinski definition) is 5.